The molecule has 0 aliphatic carbocycles. The Hall–Kier alpha value is 0.970. The van der Waals surface area contributed by atoms with Crippen molar-refractivity contribution >= 4 is 35.3 Å². The minimum atomic E-state index is 0.596. The molecule has 4 heterocycles. The monoisotopic (exact) mass is 290 g/mol. The number of epoxide rings is 2. The molecular weight excluding hydrogens is 272 g/mol. The molecular formula is C12H18O2S3. The van der Waals surface area contributed by atoms with Gasteiger partial charge in [0.25, 0.3) is 0 Å². The van der Waals surface area contributed by atoms with E-state index in [2.05, 4.69) is 35.3 Å². The summed E-state index contributed by atoms with van der Waals surface area (Å²) >= 11 is 6.55. The van der Waals surface area contributed by atoms with Crippen LogP contribution in [0.3, 0.4) is 0 Å². The second-order valence-electron chi connectivity index (χ2n) is 5.34. The molecule has 0 bridgehead atoms. The Morgan fingerprint density at radius 2 is 1.35 bits per heavy atom. The number of rotatable bonds is 8. The van der Waals surface area contributed by atoms with Crippen LogP contribution in [0.4, 0.5) is 0 Å². The van der Waals surface area contributed by atoms with Crippen molar-refractivity contribution in [2.75, 3.05) is 24.7 Å². The van der Waals surface area contributed by atoms with Gasteiger partial charge in [-0.15, -0.1) is 0 Å². The van der Waals surface area contributed by atoms with Gasteiger partial charge in [-0.3, -0.25) is 0 Å². The zero-order chi connectivity index (χ0) is 11.2. The smallest absolute Gasteiger partial charge is 0.0820 e. The van der Waals surface area contributed by atoms with Crippen LogP contribution in [-0.2, 0) is 9.47 Å². The quantitative estimate of drug-likeness (QED) is 0.639. The Morgan fingerprint density at radius 3 is 1.65 bits per heavy atom. The lowest BCUT2D eigenvalue weighted by Gasteiger charge is -2.21. The van der Waals surface area contributed by atoms with E-state index in [4.69, 9.17) is 9.47 Å². The lowest BCUT2D eigenvalue weighted by molar-refractivity contribution is 0.392. The number of hydrogen-bond donors (Lipinski definition) is 0. The van der Waals surface area contributed by atoms with Crippen LogP contribution in [0.5, 0.6) is 0 Å². The van der Waals surface area contributed by atoms with Gasteiger partial charge in [0.15, 0.2) is 0 Å². The van der Waals surface area contributed by atoms with Crippen molar-refractivity contribution in [3.05, 3.63) is 0 Å². The topological polar surface area (TPSA) is 25.1 Å². The van der Waals surface area contributed by atoms with Crippen LogP contribution in [0, 0.1) is 0 Å². The average molecular weight is 290 g/mol. The van der Waals surface area contributed by atoms with Gasteiger partial charge in [-0.2, -0.15) is 35.3 Å². The molecule has 0 radical (unpaired) electrons. The van der Waals surface area contributed by atoms with E-state index in [0.29, 0.717) is 12.2 Å². The van der Waals surface area contributed by atoms with Crippen LogP contribution in [0.1, 0.15) is 12.8 Å². The molecule has 6 atom stereocenters. The second kappa shape index (κ2) is 4.82. The summed E-state index contributed by atoms with van der Waals surface area (Å²) in [6.07, 6.45) is 3.78. The average Bonchev–Trinajstić information content (AvgIpc) is 3.20. The van der Waals surface area contributed by atoms with Crippen LogP contribution in [0.2, 0.25) is 0 Å². The molecule has 4 aliphatic heterocycles. The number of hydrogen-bond acceptors (Lipinski definition) is 5. The largest absolute Gasteiger partial charge is 0.373 e. The highest BCUT2D eigenvalue weighted by molar-refractivity contribution is 8.10. The third-order valence-corrected chi connectivity index (χ3v) is 7.87. The third-order valence-electron chi connectivity index (χ3n) is 3.69. The van der Waals surface area contributed by atoms with Gasteiger partial charge in [0.05, 0.1) is 25.4 Å². The molecule has 0 N–H and O–H groups in total. The van der Waals surface area contributed by atoms with Gasteiger partial charge in [-0.25, -0.2) is 0 Å². The van der Waals surface area contributed by atoms with Crippen LogP contribution in [-0.4, -0.2) is 57.9 Å². The van der Waals surface area contributed by atoms with Gasteiger partial charge in [-0.05, 0) is 12.8 Å². The molecule has 4 rings (SSSR count). The normalized spacial score (nSPS) is 45.2. The van der Waals surface area contributed by atoms with Gasteiger partial charge in [-0.1, -0.05) is 0 Å². The molecule has 0 aromatic rings. The Bertz CT molecular complexity index is 257. The van der Waals surface area contributed by atoms with Crippen LogP contribution in [0.15, 0.2) is 0 Å². The van der Waals surface area contributed by atoms with Crippen molar-refractivity contribution in [2.45, 2.75) is 46.0 Å². The maximum atomic E-state index is 5.42. The minimum Gasteiger partial charge on any atom is -0.373 e. The fourth-order valence-electron chi connectivity index (χ4n) is 2.28. The molecule has 0 aromatic carbocycles. The van der Waals surface area contributed by atoms with Crippen LogP contribution < -0.4 is 0 Å². The summed E-state index contributed by atoms with van der Waals surface area (Å²) in [6.45, 7) is 2.03. The summed E-state index contributed by atoms with van der Waals surface area (Å²) in [5.41, 5.74) is 0. The van der Waals surface area contributed by atoms with Crippen molar-refractivity contribution < 1.29 is 9.47 Å². The van der Waals surface area contributed by atoms with Gasteiger partial charge < -0.3 is 9.47 Å². The first-order valence-corrected chi connectivity index (χ1v) is 9.54. The van der Waals surface area contributed by atoms with E-state index in [9.17, 15) is 0 Å². The minimum absolute atomic E-state index is 0.596. The van der Waals surface area contributed by atoms with Crippen molar-refractivity contribution in [1.29, 1.82) is 0 Å². The van der Waals surface area contributed by atoms with Crippen molar-refractivity contribution in [1.82, 2.24) is 0 Å². The van der Waals surface area contributed by atoms with Crippen molar-refractivity contribution in [3.8, 4) is 0 Å². The Kier molecular flexibility index (Phi) is 3.34. The van der Waals surface area contributed by atoms with Gasteiger partial charge in [0, 0.05) is 32.5 Å². The van der Waals surface area contributed by atoms with Crippen LogP contribution in [0.25, 0.3) is 0 Å². The van der Waals surface area contributed by atoms with E-state index in [-0.39, 0.29) is 0 Å². The predicted octanol–water partition coefficient (Wildman–Crippen LogP) is 2.27. The molecule has 0 saturated carbocycles. The fourth-order valence-corrected chi connectivity index (χ4v) is 6.36. The van der Waals surface area contributed by atoms with Gasteiger partial charge >= 0.3 is 0 Å². The highest BCUT2D eigenvalue weighted by Gasteiger charge is 2.43. The highest BCUT2D eigenvalue weighted by Crippen LogP contribution is 2.49. The zero-order valence-electron chi connectivity index (χ0n) is 9.75. The Labute approximate surface area is 115 Å². The lowest BCUT2D eigenvalue weighted by atomic mass is 10.2. The standard InChI is InChI=1S/C12H18O2S3/c1(7-3-13-7)9(11-5-15-11)17-10(12-6-16-12)2-8-4-14-8/h7-12H,1-6H2. The molecule has 4 aliphatic rings. The summed E-state index contributed by atoms with van der Waals surface area (Å²) in [7, 11) is 0. The number of ether oxygens (including phenoxy) is 2. The van der Waals surface area contributed by atoms with E-state index >= 15 is 0 Å². The summed E-state index contributed by atoms with van der Waals surface area (Å²) in [6, 6.07) is 0. The van der Waals surface area contributed by atoms with Gasteiger partial charge in [0.2, 0.25) is 0 Å². The maximum absolute atomic E-state index is 5.42. The second-order valence-corrected chi connectivity index (χ2v) is 9.37. The molecule has 0 aromatic heterocycles. The maximum Gasteiger partial charge on any atom is 0.0820 e. The van der Waals surface area contributed by atoms with E-state index in [1.807, 2.05) is 0 Å². The Balaban J connectivity index is 1.33. The first-order chi connectivity index (χ1) is 8.38. The lowest BCUT2D eigenvalue weighted by Crippen LogP contribution is -2.22. The van der Waals surface area contributed by atoms with Crippen LogP contribution >= 0.6 is 35.3 Å². The van der Waals surface area contributed by atoms with Crippen molar-refractivity contribution in [2.24, 2.45) is 0 Å². The highest BCUT2D eigenvalue weighted by atomic mass is 32.2. The summed E-state index contributed by atoms with van der Waals surface area (Å²) < 4.78 is 10.8. The van der Waals surface area contributed by atoms with E-state index in [0.717, 1.165) is 34.2 Å². The SMILES string of the molecule is C1OC1CC(SC(CC1CO1)C1CS1)C1CS1. The molecule has 96 valence electrons. The molecule has 0 amide bonds. The molecule has 4 saturated heterocycles. The molecule has 17 heavy (non-hydrogen) atoms. The van der Waals surface area contributed by atoms with Crippen molar-refractivity contribution in [3.63, 3.8) is 0 Å². The third kappa shape index (κ3) is 3.50. The van der Waals surface area contributed by atoms with Gasteiger partial charge in [0.1, 0.15) is 0 Å². The van der Waals surface area contributed by atoms with E-state index in [1.54, 1.807) is 0 Å². The molecule has 0 spiro atoms. The molecule has 4 fully saturated rings. The zero-order valence-corrected chi connectivity index (χ0v) is 12.2. The van der Waals surface area contributed by atoms with E-state index < -0.39 is 0 Å². The summed E-state index contributed by atoms with van der Waals surface area (Å²) in [5.74, 6) is 2.77. The summed E-state index contributed by atoms with van der Waals surface area (Å²) in [5, 5.41) is 3.54. The number of thioether (sulfide) groups is 3. The molecule has 2 nitrogen and oxygen atoms in total. The molecule has 5 heteroatoms. The van der Waals surface area contributed by atoms with E-state index in [1.165, 1.54) is 24.3 Å². The fraction of sp³-hybridized carbons (Fsp3) is 1.00. The predicted molar refractivity (Wildman–Crippen MR) is 76.4 cm³/mol. The first-order valence-electron chi connectivity index (χ1n) is 6.50. The Morgan fingerprint density at radius 1 is 0.941 bits per heavy atom. The molecule has 6 unspecified atom stereocenters. The first kappa shape index (κ1) is 11.8. The summed E-state index contributed by atoms with van der Waals surface area (Å²) in [4.78, 5) is 0.